The summed E-state index contributed by atoms with van der Waals surface area (Å²) in [6, 6.07) is -1.14. The van der Waals surface area contributed by atoms with Crippen LogP contribution in [0.15, 0.2) is 0 Å². The molecule has 0 bridgehead atoms. The highest BCUT2D eigenvalue weighted by atomic mass is 16.4. The van der Waals surface area contributed by atoms with Crippen LogP contribution >= 0.6 is 0 Å². The lowest BCUT2D eigenvalue weighted by Crippen LogP contribution is -2.51. The molecule has 0 aromatic heterocycles. The van der Waals surface area contributed by atoms with E-state index < -0.39 is 12.0 Å². The van der Waals surface area contributed by atoms with Gasteiger partial charge < -0.3 is 20.2 Å². The highest BCUT2D eigenvalue weighted by Crippen LogP contribution is 2.03. The summed E-state index contributed by atoms with van der Waals surface area (Å²) in [5.41, 5.74) is 0. The lowest BCUT2D eigenvalue weighted by Gasteiger charge is -2.27. The number of carbonyl (C=O) groups excluding carboxylic acids is 1. The van der Waals surface area contributed by atoms with E-state index in [1.54, 1.807) is 18.7 Å². The molecule has 0 spiro atoms. The topological polar surface area (TPSA) is 72.9 Å². The number of aliphatic carboxylic acids is 1. The molecule has 0 aromatic carbocycles. The third-order valence-corrected chi connectivity index (χ3v) is 2.81. The Morgan fingerprint density at radius 2 is 1.74 bits per heavy atom. The minimum Gasteiger partial charge on any atom is -0.480 e. The number of carbonyl (C=O) groups is 2. The van der Waals surface area contributed by atoms with Gasteiger partial charge in [-0.3, -0.25) is 0 Å². The number of nitrogens with zero attached hydrogens (tertiary/aromatic N) is 2. The van der Waals surface area contributed by atoms with E-state index in [-0.39, 0.29) is 11.9 Å². The summed E-state index contributed by atoms with van der Waals surface area (Å²) in [6.07, 6.45) is 0.847. The monoisotopic (exact) mass is 273 g/mol. The van der Waals surface area contributed by atoms with Gasteiger partial charge in [0.15, 0.2) is 0 Å². The molecule has 2 amide bonds. The van der Waals surface area contributed by atoms with Gasteiger partial charge in [0.25, 0.3) is 0 Å². The van der Waals surface area contributed by atoms with Crippen LogP contribution < -0.4 is 5.32 Å². The summed E-state index contributed by atoms with van der Waals surface area (Å²) in [5, 5.41) is 11.7. The maximum atomic E-state index is 12.1. The molecule has 0 aliphatic heterocycles. The molecule has 2 N–H and O–H groups in total. The number of hydrogen-bond donors (Lipinski definition) is 2. The van der Waals surface area contributed by atoms with Crippen molar-refractivity contribution in [1.82, 2.24) is 15.1 Å². The molecular weight excluding hydrogens is 246 g/mol. The Kier molecular flexibility index (Phi) is 8.14. The van der Waals surface area contributed by atoms with Crippen LogP contribution in [0, 0.1) is 5.92 Å². The maximum absolute atomic E-state index is 12.1. The molecular formula is C13H27N3O3. The number of carboxylic acids is 1. The first kappa shape index (κ1) is 17.7. The van der Waals surface area contributed by atoms with Crippen molar-refractivity contribution in [3.63, 3.8) is 0 Å². The average Bonchev–Trinajstić information content (AvgIpc) is 2.29. The Morgan fingerprint density at radius 3 is 2.11 bits per heavy atom. The molecule has 6 heteroatoms. The van der Waals surface area contributed by atoms with Crippen molar-refractivity contribution >= 4 is 12.0 Å². The molecule has 0 rings (SSSR count). The maximum Gasteiger partial charge on any atom is 0.326 e. The van der Waals surface area contributed by atoms with E-state index in [1.165, 1.54) is 0 Å². The Balaban J connectivity index is 4.56. The minimum atomic E-state index is -0.993. The van der Waals surface area contributed by atoms with Crippen LogP contribution in [0.2, 0.25) is 0 Å². The molecule has 112 valence electrons. The normalized spacial score (nSPS) is 12.6. The van der Waals surface area contributed by atoms with E-state index in [2.05, 4.69) is 5.32 Å². The number of carboxylic acid groups (broad SMARTS) is 1. The largest absolute Gasteiger partial charge is 0.480 e. The SMILES string of the molecule is CCCN(CCN(C)C)C(=O)N[C@H](C(=O)O)C(C)C. The number of rotatable bonds is 8. The van der Waals surface area contributed by atoms with Crippen LogP contribution in [-0.2, 0) is 4.79 Å². The zero-order chi connectivity index (χ0) is 15.0. The standard InChI is InChI=1S/C13H27N3O3/c1-6-7-16(9-8-15(4)5)13(19)14-11(10(2)3)12(17)18/h10-11H,6-9H2,1-5H3,(H,14,19)(H,17,18)/t11-/m0/s1. The van der Waals surface area contributed by atoms with Gasteiger partial charge in [-0.05, 0) is 26.4 Å². The van der Waals surface area contributed by atoms with Gasteiger partial charge in [0, 0.05) is 19.6 Å². The summed E-state index contributed by atoms with van der Waals surface area (Å²) in [5.74, 6) is -1.13. The molecule has 0 heterocycles. The van der Waals surface area contributed by atoms with Crippen LogP contribution in [0.3, 0.4) is 0 Å². The predicted octanol–water partition coefficient (Wildman–Crippen LogP) is 1.08. The fourth-order valence-corrected chi connectivity index (χ4v) is 1.64. The van der Waals surface area contributed by atoms with Crippen molar-refractivity contribution in [2.24, 2.45) is 5.92 Å². The first-order valence-electron chi connectivity index (χ1n) is 6.72. The van der Waals surface area contributed by atoms with Gasteiger partial charge in [0.1, 0.15) is 6.04 Å². The molecule has 0 unspecified atom stereocenters. The van der Waals surface area contributed by atoms with Gasteiger partial charge in [-0.25, -0.2) is 9.59 Å². The second kappa shape index (κ2) is 8.74. The third kappa shape index (κ3) is 7.00. The summed E-state index contributed by atoms with van der Waals surface area (Å²) in [6.45, 7) is 7.53. The zero-order valence-electron chi connectivity index (χ0n) is 12.6. The number of nitrogens with one attached hydrogen (secondary N) is 1. The molecule has 0 radical (unpaired) electrons. The summed E-state index contributed by atoms with van der Waals surface area (Å²) in [4.78, 5) is 26.8. The molecule has 0 aromatic rings. The van der Waals surface area contributed by atoms with E-state index >= 15 is 0 Å². The van der Waals surface area contributed by atoms with E-state index in [1.807, 2.05) is 25.9 Å². The summed E-state index contributed by atoms with van der Waals surface area (Å²) in [7, 11) is 3.88. The number of urea groups is 1. The van der Waals surface area contributed by atoms with Crippen LogP contribution in [0.4, 0.5) is 4.79 Å². The molecule has 0 saturated heterocycles. The fraction of sp³-hybridized carbons (Fsp3) is 0.846. The number of amides is 2. The summed E-state index contributed by atoms with van der Waals surface area (Å²) < 4.78 is 0. The van der Waals surface area contributed by atoms with Crippen molar-refractivity contribution in [1.29, 1.82) is 0 Å². The predicted molar refractivity (Wildman–Crippen MR) is 75.2 cm³/mol. The van der Waals surface area contributed by atoms with Gasteiger partial charge in [0.05, 0.1) is 0 Å². The average molecular weight is 273 g/mol. The van der Waals surface area contributed by atoms with Gasteiger partial charge in [-0.15, -0.1) is 0 Å². The lowest BCUT2D eigenvalue weighted by molar-refractivity contribution is -0.140. The molecule has 6 nitrogen and oxygen atoms in total. The van der Waals surface area contributed by atoms with Gasteiger partial charge in [0.2, 0.25) is 0 Å². The van der Waals surface area contributed by atoms with Crippen LogP contribution in [0.25, 0.3) is 0 Å². The first-order chi connectivity index (χ1) is 8.79. The third-order valence-electron chi connectivity index (χ3n) is 2.81. The van der Waals surface area contributed by atoms with Crippen LogP contribution in [0.5, 0.6) is 0 Å². The van der Waals surface area contributed by atoms with Gasteiger partial charge >= 0.3 is 12.0 Å². The Hall–Kier alpha value is -1.30. The molecule has 0 aliphatic carbocycles. The molecule has 0 aliphatic rings. The number of hydrogen-bond acceptors (Lipinski definition) is 3. The van der Waals surface area contributed by atoms with Gasteiger partial charge in [-0.2, -0.15) is 0 Å². The van der Waals surface area contributed by atoms with Crippen molar-refractivity contribution in [2.75, 3.05) is 33.7 Å². The Labute approximate surface area is 115 Å². The van der Waals surface area contributed by atoms with Crippen molar-refractivity contribution in [3.05, 3.63) is 0 Å². The van der Waals surface area contributed by atoms with E-state index in [4.69, 9.17) is 5.11 Å². The first-order valence-corrected chi connectivity index (χ1v) is 6.72. The second-order valence-electron chi connectivity index (χ2n) is 5.30. The quantitative estimate of drug-likeness (QED) is 0.694. The zero-order valence-corrected chi connectivity index (χ0v) is 12.6. The molecule has 0 saturated carbocycles. The molecule has 0 fully saturated rings. The van der Waals surface area contributed by atoms with E-state index in [9.17, 15) is 9.59 Å². The lowest BCUT2D eigenvalue weighted by atomic mass is 10.1. The smallest absolute Gasteiger partial charge is 0.326 e. The Bertz CT molecular complexity index is 293. The molecule has 19 heavy (non-hydrogen) atoms. The van der Waals surface area contributed by atoms with E-state index in [0.717, 1.165) is 13.0 Å². The van der Waals surface area contributed by atoms with Crippen molar-refractivity contribution in [3.8, 4) is 0 Å². The second-order valence-corrected chi connectivity index (χ2v) is 5.30. The van der Waals surface area contributed by atoms with Crippen molar-refractivity contribution < 1.29 is 14.7 Å². The van der Waals surface area contributed by atoms with Crippen LogP contribution in [-0.4, -0.2) is 66.7 Å². The molecule has 1 atom stereocenters. The van der Waals surface area contributed by atoms with Gasteiger partial charge in [-0.1, -0.05) is 20.8 Å². The highest BCUT2D eigenvalue weighted by molar-refractivity contribution is 5.82. The van der Waals surface area contributed by atoms with E-state index in [0.29, 0.717) is 13.1 Å². The Morgan fingerprint density at radius 1 is 1.16 bits per heavy atom. The summed E-state index contributed by atoms with van der Waals surface area (Å²) >= 11 is 0. The minimum absolute atomic E-state index is 0.140. The highest BCUT2D eigenvalue weighted by Gasteiger charge is 2.25. The number of likely N-dealkylation sites (N-methyl/N-ethyl adjacent to an activating group) is 1. The van der Waals surface area contributed by atoms with Crippen molar-refractivity contribution in [2.45, 2.75) is 33.2 Å². The fourth-order valence-electron chi connectivity index (χ4n) is 1.64. The van der Waals surface area contributed by atoms with Crippen LogP contribution in [0.1, 0.15) is 27.2 Å².